The Bertz CT molecular complexity index is 1600. The number of ether oxygens (including phenoxy) is 2. The first-order valence-corrected chi connectivity index (χ1v) is 10.6. The third-order valence-corrected chi connectivity index (χ3v) is 5.86. The van der Waals surface area contributed by atoms with E-state index in [9.17, 15) is 0 Å². The Labute approximate surface area is 184 Å². The predicted octanol–water partition coefficient (Wildman–Crippen LogP) is 5.98. The molecule has 2 aromatic heterocycles. The first kappa shape index (κ1) is 18.6. The minimum atomic E-state index is 0.526. The average Bonchev–Trinajstić information content (AvgIpc) is 3.14. The Morgan fingerprint density at radius 1 is 0.750 bits per heavy atom. The molecule has 5 nitrogen and oxygen atoms in total. The number of methoxy groups -OCH3 is 1. The zero-order valence-corrected chi connectivity index (χ0v) is 17.7. The molecule has 0 aliphatic carbocycles. The van der Waals surface area contributed by atoms with E-state index in [1.54, 1.807) is 7.11 Å². The van der Waals surface area contributed by atoms with Gasteiger partial charge in [0.25, 0.3) is 0 Å². The van der Waals surface area contributed by atoms with Gasteiger partial charge in [-0.15, -0.1) is 0 Å². The molecule has 6 rings (SSSR count). The second-order valence-electron chi connectivity index (χ2n) is 7.78. The third kappa shape index (κ3) is 3.10. The number of hydrogen-bond acceptors (Lipinski definition) is 4. The Morgan fingerprint density at radius 2 is 1.50 bits per heavy atom. The van der Waals surface area contributed by atoms with E-state index in [4.69, 9.17) is 19.4 Å². The fourth-order valence-corrected chi connectivity index (χ4v) is 4.28. The van der Waals surface area contributed by atoms with Gasteiger partial charge in [-0.25, -0.2) is 9.97 Å². The summed E-state index contributed by atoms with van der Waals surface area (Å²) in [5, 5.41) is 3.41. The predicted molar refractivity (Wildman–Crippen MR) is 129 cm³/mol. The Balaban J connectivity index is 1.40. The van der Waals surface area contributed by atoms with Gasteiger partial charge in [-0.05, 0) is 53.2 Å². The van der Waals surface area contributed by atoms with Crippen LogP contribution in [0.5, 0.6) is 11.5 Å². The van der Waals surface area contributed by atoms with Gasteiger partial charge < -0.3 is 14.0 Å². The maximum absolute atomic E-state index is 6.12. The van der Waals surface area contributed by atoms with Crippen LogP contribution in [0.25, 0.3) is 43.9 Å². The lowest BCUT2D eigenvalue weighted by Crippen LogP contribution is -2.08. The molecule has 0 saturated heterocycles. The van der Waals surface area contributed by atoms with E-state index in [1.807, 2.05) is 54.6 Å². The van der Waals surface area contributed by atoms with Crippen LogP contribution in [-0.4, -0.2) is 28.3 Å². The van der Waals surface area contributed by atoms with Crippen LogP contribution in [0.15, 0.2) is 84.9 Å². The highest BCUT2D eigenvalue weighted by Crippen LogP contribution is 2.31. The van der Waals surface area contributed by atoms with Gasteiger partial charge in [0.1, 0.15) is 23.6 Å². The monoisotopic (exact) mass is 419 g/mol. The maximum atomic E-state index is 6.12. The van der Waals surface area contributed by atoms with E-state index in [-0.39, 0.29) is 0 Å². The summed E-state index contributed by atoms with van der Waals surface area (Å²) in [4.78, 5) is 9.86. The van der Waals surface area contributed by atoms with Crippen LogP contribution in [0.2, 0.25) is 0 Å². The number of para-hydroxylation sites is 2. The molecule has 0 bridgehead atoms. The number of hydrogen-bond donors (Lipinski definition) is 0. The molecule has 0 spiro atoms. The molecule has 2 heterocycles. The van der Waals surface area contributed by atoms with Crippen LogP contribution in [-0.2, 0) is 6.54 Å². The topological polar surface area (TPSA) is 49.2 Å². The average molecular weight is 419 g/mol. The van der Waals surface area contributed by atoms with Crippen molar-refractivity contribution >= 4 is 43.9 Å². The van der Waals surface area contributed by atoms with Crippen molar-refractivity contribution < 1.29 is 9.47 Å². The highest BCUT2D eigenvalue weighted by atomic mass is 16.5. The third-order valence-electron chi connectivity index (χ3n) is 5.86. The Hall–Kier alpha value is -4.12. The molecule has 0 fully saturated rings. The number of rotatable bonds is 5. The molecular weight excluding hydrogens is 398 g/mol. The normalized spacial score (nSPS) is 11.5. The van der Waals surface area contributed by atoms with Crippen LogP contribution >= 0.6 is 0 Å². The van der Waals surface area contributed by atoms with Gasteiger partial charge in [0, 0.05) is 5.39 Å². The lowest BCUT2D eigenvalue weighted by molar-refractivity contribution is 0.302. The van der Waals surface area contributed by atoms with Crippen LogP contribution in [0.1, 0.15) is 0 Å². The van der Waals surface area contributed by atoms with Gasteiger partial charge in [-0.2, -0.15) is 0 Å². The lowest BCUT2D eigenvalue weighted by Gasteiger charge is -2.10. The van der Waals surface area contributed by atoms with Crippen molar-refractivity contribution in [1.29, 1.82) is 0 Å². The minimum absolute atomic E-state index is 0.526. The highest BCUT2D eigenvalue weighted by molar-refractivity contribution is 6.07. The molecule has 0 unspecified atom stereocenters. The molecule has 0 N–H and O–H groups in total. The van der Waals surface area contributed by atoms with Gasteiger partial charge in [0.15, 0.2) is 5.65 Å². The lowest BCUT2D eigenvalue weighted by atomic mass is 10.1. The number of fused-ring (bicyclic) bond motifs is 5. The van der Waals surface area contributed by atoms with Gasteiger partial charge in [0.2, 0.25) is 0 Å². The van der Waals surface area contributed by atoms with E-state index in [2.05, 4.69) is 34.9 Å². The van der Waals surface area contributed by atoms with E-state index in [0.29, 0.717) is 13.2 Å². The van der Waals surface area contributed by atoms with Crippen LogP contribution in [0, 0.1) is 0 Å². The summed E-state index contributed by atoms with van der Waals surface area (Å²) < 4.78 is 13.8. The van der Waals surface area contributed by atoms with Crippen molar-refractivity contribution in [2.45, 2.75) is 6.54 Å². The highest BCUT2D eigenvalue weighted by Gasteiger charge is 2.15. The van der Waals surface area contributed by atoms with Gasteiger partial charge in [0.05, 0.1) is 30.2 Å². The summed E-state index contributed by atoms with van der Waals surface area (Å²) in [5.41, 5.74) is 4.57. The fraction of sp³-hybridized carbons (Fsp3) is 0.111. The van der Waals surface area contributed by atoms with Gasteiger partial charge in [-0.3, -0.25) is 0 Å². The van der Waals surface area contributed by atoms with Gasteiger partial charge in [-0.1, -0.05) is 42.5 Å². The van der Waals surface area contributed by atoms with Crippen LogP contribution in [0.3, 0.4) is 0 Å². The van der Waals surface area contributed by atoms with E-state index >= 15 is 0 Å². The van der Waals surface area contributed by atoms with Crippen LogP contribution < -0.4 is 9.47 Å². The molecule has 0 atom stereocenters. The van der Waals surface area contributed by atoms with Crippen molar-refractivity contribution in [2.24, 2.45) is 0 Å². The molecule has 6 aromatic rings. The van der Waals surface area contributed by atoms with Crippen molar-refractivity contribution in [3.63, 3.8) is 0 Å². The minimum Gasteiger partial charge on any atom is -0.497 e. The molecule has 5 heteroatoms. The summed E-state index contributed by atoms with van der Waals surface area (Å²) in [6.45, 7) is 1.18. The Kier molecular flexibility index (Phi) is 4.39. The molecule has 0 aliphatic heterocycles. The molecule has 0 radical (unpaired) electrons. The molecule has 32 heavy (non-hydrogen) atoms. The maximum Gasteiger partial charge on any atom is 0.160 e. The molecule has 156 valence electrons. The summed E-state index contributed by atoms with van der Waals surface area (Å²) in [6.07, 6.45) is 0. The second-order valence-corrected chi connectivity index (χ2v) is 7.78. The summed E-state index contributed by atoms with van der Waals surface area (Å²) >= 11 is 0. The largest absolute Gasteiger partial charge is 0.497 e. The van der Waals surface area contributed by atoms with Crippen molar-refractivity contribution in [1.82, 2.24) is 14.5 Å². The zero-order valence-electron chi connectivity index (χ0n) is 17.7. The second kappa shape index (κ2) is 7.54. The van der Waals surface area contributed by atoms with Crippen molar-refractivity contribution in [3.8, 4) is 11.5 Å². The molecule has 4 aromatic carbocycles. The standard InChI is InChI=1S/C27H21N3O2/c1-31-20-12-13-25-22(17-20)26-27(29-24-9-5-4-8-23(24)28-26)30(25)14-15-32-21-11-10-18-6-2-3-7-19(18)16-21/h2-13,16-17H,14-15H2,1H3. The van der Waals surface area contributed by atoms with E-state index in [0.717, 1.165) is 44.6 Å². The molecular formula is C27H21N3O2. The fourth-order valence-electron chi connectivity index (χ4n) is 4.28. The van der Waals surface area contributed by atoms with Crippen molar-refractivity contribution in [2.75, 3.05) is 13.7 Å². The SMILES string of the molecule is COc1ccc2c(c1)c1nc3ccccc3nc1n2CCOc1ccc2ccccc2c1. The zero-order chi connectivity index (χ0) is 21.5. The molecule has 0 amide bonds. The van der Waals surface area contributed by atoms with E-state index in [1.165, 1.54) is 10.8 Å². The molecule has 0 saturated carbocycles. The Morgan fingerprint density at radius 3 is 2.34 bits per heavy atom. The summed E-state index contributed by atoms with van der Waals surface area (Å²) in [5.74, 6) is 1.67. The van der Waals surface area contributed by atoms with Gasteiger partial charge >= 0.3 is 0 Å². The quantitative estimate of drug-likeness (QED) is 0.345. The summed E-state index contributed by atoms with van der Waals surface area (Å²) in [6, 6.07) is 28.5. The van der Waals surface area contributed by atoms with Crippen LogP contribution in [0.4, 0.5) is 0 Å². The smallest absolute Gasteiger partial charge is 0.160 e. The van der Waals surface area contributed by atoms with Crippen molar-refractivity contribution in [3.05, 3.63) is 84.9 Å². The number of aromatic nitrogens is 3. The first-order valence-electron chi connectivity index (χ1n) is 10.6. The van der Waals surface area contributed by atoms with E-state index < -0.39 is 0 Å². The molecule has 0 aliphatic rings. The number of benzene rings is 4. The summed E-state index contributed by atoms with van der Waals surface area (Å²) in [7, 11) is 1.68. The first-order chi connectivity index (χ1) is 15.8. The number of nitrogens with zero attached hydrogens (tertiary/aromatic N) is 3.